The van der Waals surface area contributed by atoms with Gasteiger partial charge < -0.3 is 4.74 Å². The van der Waals surface area contributed by atoms with Gasteiger partial charge in [-0.1, -0.05) is 53.9 Å². The van der Waals surface area contributed by atoms with Crippen molar-refractivity contribution in [3.63, 3.8) is 0 Å². The molecule has 2 aromatic carbocycles. The largest absolute Gasteiger partial charge is 0.462 e. The first-order chi connectivity index (χ1) is 13.1. The molecule has 0 aliphatic heterocycles. The molecule has 3 aromatic rings. The SMILES string of the molecule is CCOC(=O)c1c(C)nc(C#Cc2ccc(C)cc2)nc1-c1ccccc1. The number of hydrogen-bond acceptors (Lipinski definition) is 4. The summed E-state index contributed by atoms with van der Waals surface area (Å²) < 4.78 is 5.20. The number of nitrogens with zero attached hydrogens (tertiary/aromatic N) is 2. The Morgan fingerprint density at radius 3 is 2.33 bits per heavy atom. The molecular weight excluding hydrogens is 336 g/mol. The molecule has 4 heteroatoms. The Kier molecular flexibility index (Phi) is 5.63. The van der Waals surface area contributed by atoms with E-state index in [2.05, 4.69) is 21.8 Å². The zero-order chi connectivity index (χ0) is 19.2. The Bertz CT molecular complexity index is 1010. The quantitative estimate of drug-likeness (QED) is 0.517. The fraction of sp³-hybridized carbons (Fsp3) is 0.174. The molecule has 0 aliphatic rings. The molecule has 4 nitrogen and oxygen atoms in total. The van der Waals surface area contributed by atoms with Gasteiger partial charge in [0, 0.05) is 11.1 Å². The van der Waals surface area contributed by atoms with Crippen LogP contribution in [0.25, 0.3) is 11.3 Å². The van der Waals surface area contributed by atoms with Crippen LogP contribution in [0.2, 0.25) is 0 Å². The maximum Gasteiger partial charge on any atom is 0.342 e. The summed E-state index contributed by atoms with van der Waals surface area (Å²) in [6.07, 6.45) is 0. The zero-order valence-corrected chi connectivity index (χ0v) is 15.6. The van der Waals surface area contributed by atoms with Crippen LogP contribution in [0.4, 0.5) is 0 Å². The Morgan fingerprint density at radius 2 is 1.67 bits per heavy atom. The van der Waals surface area contributed by atoms with Gasteiger partial charge in [-0.15, -0.1) is 0 Å². The molecule has 0 spiro atoms. The highest BCUT2D eigenvalue weighted by Crippen LogP contribution is 2.24. The second-order valence-corrected chi connectivity index (χ2v) is 6.06. The smallest absolute Gasteiger partial charge is 0.342 e. The van der Waals surface area contributed by atoms with Gasteiger partial charge in [-0.05, 0) is 38.8 Å². The van der Waals surface area contributed by atoms with Crippen LogP contribution < -0.4 is 0 Å². The lowest BCUT2D eigenvalue weighted by Crippen LogP contribution is -2.12. The molecular formula is C23H20N2O2. The summed E-state index contributed by atoms with van der Waals surface area (Å²) in [6.45, 7) is 5.88. The molecule has 3 rings (SSSR count). The number of esters is 1. The van der Waals surface area contributed by atoms with E-state index in [4.69, 9.17) is 4.74 Å². The first-order valence-corrected chi connectivity index (χ1v) is 8.78. The Balaban J connectivity index is 2.09. The van der Waals surface area contributed by atoms with E-state index < -0.39 is 5.97 Å². The van der Waals surface area contributed by atoms with Gasteiger partial charge in [0.1, 0.15) is 5.56 Å². The predicted octanol–water partition coefficient (Wildman–Crippen LogP) is 4.34. The van der Waals surface area contributed by atoms with Crippen LogP contribution in [-0.2, 0) is 4.74 Å². The van der Waals surface area contributed by atoms with Crippen molar-refractivity contribution in [1.82, 2.24) is 9.97 Å². The van der Waals surface area contributed by atoms with Crippen molar-refractivity contribution in [3.05, 3.63) is 82.8 Å². The third kappa shape index (κ3) is 4.39. The van der Waals surface area contributed by atoms with Crippen LogP contribution in [0.3, 0.4) is 0 Å². The first kappa shape index (κ1) is 18.3. The Hall–Kier alpha value is -3.45. The summed E-state index contributed by atoms with van der Waals surface area (Å²) in [5.41, 5.74) is 4.36. The standard InChI is InChI=1S/C23H20N2O2/c1-4-27-23(26)21-17(3)24-20(15-14-18-12-10-16(2)11-13-18)25-22(21)19-8-6-5-7-9-19/h5-13H,4H2,1-3H3. The minimum Gasteiger partial charge on any atom is -0.462 e. The molecule has 27 heavy (non-hydrogen) atoms. The molecule has 0 fully saturated rings. The van der Waals surface area contributed by atoms with E-state index in [9.17, 15) is 4.79 Å². The highest BCUT2D eigenvalue weighted by atomic mass is 16.5. The van der Waals surface area contributed by atoms with E-state index in [1.54, 1.807) is 13.8 Å². The normalized spacial score (nSPS) is 10.0. The monoisotopic (exact) mass is 356 g/mol. The fourth-order valence-electron chi connectivity index (χ4n) is 2.65. The maximum atomic E-state index is 12.4. The van der Waals surface area contributed by atoms with Gasteiger partial charge in [0.2, 0.25) is 5.82 Å². The average Bonchev–Trinajstić information content (AvgIpc) is 2.68. The molecule has 0 amide bonds. The second-order valence-electron chi connectivity index (χ2n) is 6.06. The lowest BCUT2D eigenvalue weighted by molar-refractivity contribution is 0.0525. The fourth-order valence-corrected chi connectivity index (χ4v) is 2.65. The van der Waals surface area contributed by atoms with Crippen molar-refractivity contribution in [2.24, 2.45) is 0 Å². The van der Waals surface area contributed by atoms with E-state index in [-0.39, 0.29) is 0 Å². The summed E-state index contributed by atoms with van der Waals surface area (Å²) in [5.74, 6) is 6.03. The van der Waals surface area contributed by atoms with Crippen molar-refractivity contribution < 1.29 is 9.53 Å². The van der Waals surface area contributed by atoms with Gasteiger partial charge in [-0.3, -0.25) is 0 Å². The van der Waals surface area contributed by atoms with Gasteiger partial charge in [0.15, 0.2) is 0 Å². The van der Waals surface area contributed by atoms with Gasteiger partial charge in [0.25, 0.3) is 0 Å². The molecule has 0 saturated carbocycles. The predicted molar refractivity (Wildman–Crippen MR) is 105 cm³/mol. The van der Waals surface area contributed by atoms with Crippen LogP contribution in [0, 0.1) is 25.7 Å². The summed E-state index contributed by atoms with van der Waals surface area (Å²) in [7, 11) is 0. The molecule has 0 saturated heterocycles. The van der Waals surface area contributed by atoms with Crippen LogP contribution in [0.15, 0.2) is 54.6 Å². The highest BCUT2D eigenvalue weighted by molar-refractivity contribution is 5.97. The Labute approximate surface area is 159 Å². The number of rotatable bonds is 3. The molecule has 0 aliphatic carbocycles. The summed E-state index contributed by atoms with van der Waals surface area (Å²) in [4.78, 5) is 21.4. The molecule has 0 radical (unpaired) electrons. The van der Waals surface area contributed by atoms with Crippen LogP contribution in [0.5, 0.6) is 0 Å². The van der Waals surface area contributed by atoms with Gasteiger partial charge >= 0.3 is 5.97 Å². The minimum atomic E-state index is -0.424. The average molecular weight is 356 g/mol. The molecule has 1 heterocycles. The van der Waals surface area contributed by atoms with E-state index >= 15 is 0 Å². The first-order valence-electron chi connectivity index (χ1n) is 8.78. The second kappa shape index (κ2) is 8.29. The van der Waals surface area contributed by atoms with E-state index in [1.807, 2.05) is 61.5 Å². The lowest BCUT2D eigenvalue weighted by Gasteiger charge is -2.11. The molecule has 0 N–H and O–H groups in total. The van der Waals surface area contributed by atoms with Crippen LogP contribution in [0.1, 0.15) is 39.9 Å². The molecule has 0 unspecified atom stereocenters. The zero-order valence-electron chi connectivity index (χ0n) is 15.6. The number of aryl methyl sites for hydroxylation is 2. The Morgan fingerprint density at radius 1 is 0.963 bits per heavy atom. The van der Waals surface area contributed by atoms with Crippen molar-refractivity contribution in [1.29, 1.82) is 0 Å². The highest BCUT2D eigenvalue weighted by Gasteiger charge is 2.20. The van der Waals surface area contributed by atoms with Crippen molar-refractivity contribution >= 4 is 5.97 Å². The molecule has 0 atom stereocenters. The number of aromatic nitrogens is 2. The number of carbonyl (C=O) groups is 1. The topological polar surface area (TPSA) is 52.1 Å². The molecule has 0 bridgehead atoms. The summed E-state index contributed by atoms with van der Waals surface area (Å²) >= 11 is 0. The van der Waals surface area contributed by atoms with Crippen molar-refractivity contribution in [2.45, 2.75) is 20.8 Å². The summed E-state index contributed by atoms with van der Waals surface area (Å²) in [5, 5.41) is 0. The minimum absolute atomic E-state index is 0.293. The number of hydrogen-bond donors (Lipinski definition) is 0. The van der Waals surface area contributed by atoms with E-state index in [0.29, 0.717) is 29.4 Å². The third-order valence-corrected chi connectivity index (χ3v) is 3.99. The van der Waals surface area contributed by atoms with E-state index in [0.717, 1.165) is 11.1 Å². The van der Waals surface area contributed by atoms with Gasteiger partial charge in [-0.25, -0.2) is 14.8 Å². The molecule has 1 aromatic heterocycles. The van der Waals surface area contributed by atoms with Gasteiger partial charge in [0.05, 0.1) is 18.0 Å². The van der Waals surface area contributed by atoms with Crippen LogP contribution in [-0.4, -0.2) is 22.5 Å². The van der Waals surface area contributed by atoms with Crippen molar-refractivity contribution in [3.8, 4) is 23.1 Å². The molecule has 134 valence electrons. The number of benzene rings is 2. The number of carbonyl (C=O) groups excluding carboxylic acids is 1. The van der Waals surface area contributed by atoms with Crippen molar-refractivity contribution in [2.75, 3.05) is 6.61 Å². The summed E-state index contributed by atoms with van der Waals surface area (Å²) in [6, 6.07) is 17.5. The van der Waals surface area contributed by atoms with E-state index in [1.165, 1.54) is 5.56 Å². The number of ether oxygens (including phenoxy) is 1. The van der Waals surface area contributed by atoms with Gasteiger partial charge in [-0.2, -0.15) is 0 Å². The van der Waals surface area contributed by atoms with Crippen LogP contribution >= 0.6 is 0 Å². The maximum absolute atomic E-state index is 12.4. The lowest BCUT2D eigenvalue weighted by atomic mass is 10.0. The third-order valence-electron chi connectivity index (χ3n) is 3.99.